The molecule has 0 aromatic carbocycles. The Bertz CT molecular complexity index is 329. The minimum Gasteiger partial charge on any atom is -0.397 e. The molecule has 1 fully saturated rings. The Kier molecular flexibility index (Phi) is 3.06. The summed E-state index contributed by atoms with van der Waals surface area (Å²) in [4.78, 5) is 6.32. The van der Waals surface area contributed by atoms with E-state index in [1.165, 1.54) is 0 Å². The largest absolute Gasteiger partial charge is 0.397 e. The molecule has 0 radical (unpaired) electrons. The molecule has 1 aliphatic heterocycles. The van der Waals surface area contributed by atoms with Gasteiger partial charge >= 0.3 is 0 Å². The number of rotatable bonds is 2. The molecule has 0 unspecified atom stereocenters. The Hall–Kier alpha value is -1.29. The van der Waals surface area contributed by atoms with Crippen LogP contribution in [0, 0.1) is 5.92 Å². The summed E-state index contributed by atoms with van der Waals surface area (Å²) in [5, 5.41) is 9.14. The molecular weight excluding hydrogens is 190 g/mol. The van der Waals surface area contributed by atoms with Crippen molar-refractivity contribution >= 4 is 11.4 Å². The lowest BCUT2D eigenvalue weighted by Gasteiger charge is -2.33. The molecule has 2 heterocycles. The van der Waals surface area contributed by atoms with Gasteiger partial charge in [-0.25, -0.2) is 0 Å². The van der Waals surface area contributed by atoms with Crippen LogP contribution >= 0.6 is 0 Å². The number of aromatic nitrogens is 1. The second kappa shape index (κ2) is 4.49. The van der Waals surface area contributed by atoms with Gasteiger partial charge in [-0.15, -0.1) is 0 Å². The molecule has 3 N–H and O–H groups in total. The van der Waals surface area contributed by atoms with Gasteiger partial charge in [0.05, 0.1) is 17.6 Å². The van der Waals surface area contributed by atoms with Gasteiger partial charge in [-0.05, 0) is 24.8 Å². The topological polar surface area (TPSA) is 62.4 Å². The van der Waals surface area contributed by atoms with Crippen LogP contribution in [0.3, 0.4) is 0 Å². The van der Waals surface area contributed by atoms with Crippen molar-refractivity contribution in [1.82, 2.24) is 4.98 Å². The fraction of sp³-hybridized carbons (Fsp3) is 0.545. The van der Waals surface area contributed by atoms with E-state index in [0.717, 1.165) is 31.6 Å². The molecule has 0 saturated carbocycles. The number of nitrogen functional groups attached to an aromatic ring is 1. The standard InChI is InChI=1S/C11H17N3O/c12-10-4-11(6-13-5-10)14-3-1-2-9(7-14)8-15/h4-6,9,15H,1-3,7-8,12H2/t9-/m1/s1. The number of hydrogen-bond donors (Lipinski definition) is 2. The summed E-state index contributed by atoms with van der Waals surface area (Å²) in [7, 11) is 0. The molecule has 15 heavy (non-hydrogen) atoms. The third-order valence-corrected chi connectivity index (χ3v) is 2.89. The summed E-state index contributed by atoms with van der Waals surface area (Å²) in [5.74, 6) is 0.389. The highest BCUT2D eigenvalue weighted by atomic mass is 16.3. The average Bonchev–Trinajstić information content (AvgIpc) is 2.29. The minimum atomic E-state index is 0.270. The molecule has 1 atom stereocenters. The van der Waals surface area contributed by atoms with Crippen molar-refractivity contribution in [3.8, 4) is 0 Å². The fourth-order valence-corrected chi connectivity index (χ4v) is 2.07. The SMILES string of the molecule is Nc1cncc(N2CCC[C@@H](CO)C2)c1. The van der Waals surface area contributed by atoms with Gasteiger partial charge in [0.15, 0.2) is 0 Å². The predicted molar refractivity (Wildman–Crippen MR) is 60.7 cm³/mol. The second-order valence-corrected chi connectivity index (χ2v) is 4.11. The molecule has 0 amide bonds. The lowest BCUT2D eigenvalue weighted by Crippen LogP contribution is -2.36. The van der Waals surface area contributed by atoms with Crippen LogP contribution in [-0.2, 0) is 0 Å². The number of nitrogens with zero attached hydrogens (tertiary/aromatic N) is 2. The number of nitrogens with two attached hydrogens (primary N) is 1. The normalized spacial score (nSPS) is 21.7. The smallest absolute Gasteiger partial charge is 0.0573 e. The molecule has 2 rings (SSSR count). The maximum Gasteiger partial charge on any atom is 0.0573 e. The first-order valence-corrected chi connectivity index (χ1v) is 5.36. The van der Waals surface area contributed by atoms with Crippen molar-refractivity contribution in [2.75, 3.05) is 30.3 Å². The van der Waals surface area contributed by atoms with E-state index in [9.17, 15) is 0 Å². The number of aliphatic hydroxyl groups is 1. The maximum atomic E-state index is 9.14. The Morgan fingerprint density at radius 2 is 2.40 bits per heavy atom. The predicted octanol–water partition coefficient (Wildman–Crippen LogP) is 0.872. The number of anilines is 2. The molecule has 0 aliphatic carbocycles. The summed E-state index contributed by atoms with van der Waals surface area (Å²) in [6.45, 7) is 2.20. The summed E-state index contributed by atoms with van der Waals surface area (Å²) < 4.78 is 0. The first-order valence-electron chi connectivity index (χ1n) is 5.36. The van der Waals surface area contributed by atoms with E-state index in [1.54, 1.807) is 6.20 Å². The number of aliphatic hydroxyl groups excluding tert-OH is 1. The highest BCUT2D eigenvalue weighted by Crippen LogP contribution is 2.23. The molecule has 1 aromatic rings. The zero-order chi connectivity index (χ0) is 10.7. The molecule has 4 nitrogen and oxygen atoms in total. The van der Waals surface area contributed by atoms with E-state index in [1.807, 2.05) is 12.3 Å². The minimum absolute atomic E-state index is 0.270. The second-order valence-electron chi connectivity index (χ2n) is 4.11. The van der Waals surface area contributed by atoms with Crippen LogP contribution in [0.15, 0.2) is 18.5 Å². The van der Waals surface area contributed by atoms with E-state index in [4.69, 9.17) is 10.8 Å². The van der Waals surface area contributed by atoms with Crippen LogP contribution in [0.5, 0.6) is 0 Å². The Morgan fingerprint density at radius 3 is 3.13 bits per heavy atom. The van der Waals surface area contributed by atoms with Crippen molar-refractivity contribution < 1.29 is 5.11 Å². The monoisotopic (exact) mass is 207 g/mol. The summed E-state index contributed by atoms with van der Waals surface area (Å²) in [6, 6.07) is 1.94. The van der Waals surface area contributed by atoms with Crippen molar-refractivity contribution in [3.05, 3.63) is 18.5 Å². The molecule has 0 bridgehead atoms. The zero-order valence-electron chi connectivity index (χ0n) is 8.76. The van der Waals surface area contributed by atoms with E-state index in [-0.39, 0.29) is 6.61 Å². The Balaban J connectivity index is 2.09. The van der Waals surface area contributed by atoms with Crippen LogP contribution in [-0.4, -0.2) is 29.8 Å². The molecule has 1 saturated heterocycles. The summed E-state index contributed by atoms with van der Waals surface area (Å²) >= 11 is 0. The lowest BCUT2D eigenvalue weighted by molar-refractivity contribution is 0.208. The molecule has 4 heteroatoms. The first kappa shape index (κ1) is 10.2. The highest BCUT2D eigenvalue weighted by molar-refractivity contribution is 5.53. The van der Waals surface area contributed by atoms with Crippen LogP contribution in [0.2, 0.25) is 0 Å². The third kappa shape index (κ3) is 2.39. The van der Waals surface area contributed by atoms with Gasteiger partial charge < -0.3 is 15.7 Å². The van der Waals surface area contributed by atoms with E-state index < -0.39 is 0 Å². The average molecular weight is 207 g/mol. The quantitative estimate of drug-likeness (QED) is 0.755. The Morgan fingerprint density at radius 1 is 1.53 bits per heavy atom. The van der Waals surface area contributed by atoms with Crippen molar-refractivity contribution in [1.29, 1.82) is 0 Å². The van der Waals surface area contributed by atoms with Crippen LogP contribution < -0.4 is 10.6 Å². The van der Waals surface area contributed by atoms with E-state index in [2.05, 4.69) is 9.88 Å². The maximum absolute atomic E-state index is 9.14. The molecule has 82 valence electrons. The van der Waals surface area contributed by atoms with Crippen LogP contribution in [0.1, 0.15) is 12.8 Å². The summed E-state index contributed by atoms with van der Waals surface area (Å²) in [6.07, 6.45) is 5.72. The van der Waals surface area contributed by atoms with Gasteiger partial charge in [-0.2, -0.15) is 0 Å². The van der Waals surface area contributed by atoms with Gasteiger partial charge in [-0.3, -0.25) is 4.98 Å². The highest BCUT2D eigenvalue weighted by Gasteiger charge is 2.19. The number of pyridine rings is 1. The van der Waals surface area contributed by atoms with Crippen molar-refractivity contribution in [2.45, 2.75) is 12.8 Å². The van der Waals surface area contributed by atoms with E-state index in [0.29, 0.717) is 11.6 Å². The molecular formula is C11H17N3O. The molecule has 0 spiro atoms. The van der Waals surface area contributed by atoms with E-state index >= 15 is 0 Å². The van der Waals surface area contributed by atoms with Crippen molar-refractivity contribution in [2.24, 2.45) is 5.92 Å². The van der Waals surface area contributed by atoms with Crippen molar-refractivity contribution in [3.63, 3.8) is 0 Å². The zero-order valence-corrected chi connectivity index (χ0v) is 8.76. The number of hydrogen-bond acceptors (Lipinski definition) is 4. The van der Waals surface area contributed by atoms with Gasteiger partial charge in [0, 0.05) is 25.9 Å². The fourth-order valence-electron chi connectivity index (χ4n) is 2.07. The van der Waals surface area contributed by atoms with Gasteiger partial charge in [-0.1, -0.05) is 0 Å². The lowest BCUT2D eigenvalue weighted by atomic mass is 9.99. The van der Waals surface area contributed by atoms with Crippen LogP contribution in [0.25, 0.3) is 0 Å². The van der Waals surface area contributed by atoms with Gasteiger partial charge in [0.25, 0.3) is 0 Å². The first-order chi connectivity index (χ1) is 7.29. The van der Waals surface area contributed by atoms with Gasteiger partial charge in [0.2, 0.25) is 0 Å². The Labute approximate surface area is 89.7 Å². The summed E-state index contributed by atoms with van der Waals surface area (Å²) in [5.41, 5.74) is 7.45. The third-order valence-electron chi connectivity index (χ3n) is 2.89. The van der Waals surface area contributed by atoms with Gasteiger partial charge in [0.1, 0.15) is 0 Å². The molecule has 1 aliphatic rings. The molecule has 1 aromatic heterocycles. The van der Waals surface area contributed by atoms with Crippen LogP contribution in [0.4, 0.5) is 11.4 Å². The number of piperidine rings is 1.